The van der Waals surface area contributed by atoms with Crippen molar-refractivity contribution in [1.29, 1.82) is 0 Å². The number of hydrogen-bond donors (Lipinski definition) is 2. The van der Waals surface area contributed by atoms with Gasteiger partial charge in [-0.3, -0.25) is 14.4 Å². The zero-order chi connectivity index (χ0) is 18.5. The first-order valence-electron chi connectivity index (χ1n) is 7.79. The molecule has 0 saturated heterocycles. The van der Waals surface area contributed by atoms with Crippen molar-refractivity contribution >= 4 is 40.9 Å². The summed E-state index contributed by atoms with van der Waals surface area (Å²) in [5.74, 6) is -2.02. The van der Waals surface area contributed by atoms with Gasteiger partial charge in [0.15, 0.2) is 6.61 Å². The van der Waals surface area contributed by atoms with Gasteiger partial charge in [0.25, 0.3) is 5.91 Å². The Balaban J connectivity index is 1.48. The summed E-state index contributed by atoms with van der Waals surface area (Å²) in [6.45, 7) is -0.509. The third kappa shape index (κ3) is 4.60. The molecule has 0 fully saturated rings. The summed E-state index contributed by atoms with van der Waals surface area (Å²) in [6.07, 6.45) is -0.155. The number of carbonyl (C=O) groups is 3. The highest BCUT2D eigenvalue weighted by atomic mass is 32.2. The zero-order valence-electron chi connectivity index (χ0n) is 13.5. The van der Waals surface area contributed by atoms with Crippen LogP contribution in [0, 0.1) is 5.82 Å². The number of benzene rings is 2. The molecule has 8 heteroatoms. The first-order chi connectivity index (χ1) is 12.5. The Morgan fingerprint density at radius 2 is 2.00 bits per heavy atom. The van der Waals surface area contributed by atoms with Crippen molar-refractivity contribution in [3.05, 3.63) is 54.3 Å². The molecule has 26 heavy (non-hydrogen) atoms. The summed E-state index contributed by atoms with van der Waals surface area (Å²) in [7, 11) is 0. The van der Waals surface area contributed by atoms with E-state index in [1.807, 2.05) is 18.2 Å². The van der Waals surface area contributed by atoms with Gasteiger partial charge in [-0.1, -0.05) is 18.2 Å². The zero-order valence-corrected chi connectivity index (χ0v) is 14.3. The Hall–Kier alpha value is -2.87. The number of carbonyl (C=O) groups excluding carboxylic acids is 3. The van der Waals surface area contributed by atoms with Crippen molar-refractivity contribution in [2.75, 3.05) is 17.2 Å². The number of esters is 1. The van der Waals surface area contributed by atoms with E-state index in [1.165, 1.54) is 30.0 Å². The second-order valence-electron chi connectivity index (χ2n) is 5.52. The number of nitrogens with one attached hydrogen (secondary N) is 2. The van der Waals surface area contributed by atoms with E-state index in [4.69, 9.17) is 4.74 Å². The lowest BCUT2D eigenvalue weighted by Gasteiger charge is -2.23. The van der Waals surface area contributed by atoms with Crippen molar-refractivity contribution < 1.29 is 23.5 Å². The molecule has 1 aliphatic heterocycles. The van der Waals surface area contributed by atoms with E-state index in [0.717, 1.165) is 11.0 Å². The number of hydrogen-bond acceptors (Lipinski definition) is 5. The Labute approximate surface area is 153 Å². The Bertz CT molecular complexity index is 859. The third-order valence-corrected chi connectivity index (χ3v) is 4.81. The molecule has 6 nitrogen and oxygen atoms in total. The predicted molar refractivity (Wildman–Crippen MR) is 95.3 cm³/mol. The van der Waals surface area contributed by atoms with Crippen molar-refractivity contribution in [3.8, 4) is 0 Å². The van der Waals surface area contributed by atoms with Gasteiger partial charge in [0, 0.05) is 10.6 Å². The maximum absolute atomic E-state index is 13.1. The number of para-hydroxylation sites is 1. The number of thioether (sulfide) groups is 1. The summed E-state index contributed by atoms with van der Waals surface area (Å²) in [4.78, 5) is 36.6. The average molecular weight is 374 g/mol. The summed E-state index contributed by atoms with van der Waals surface area (Å²) >= 11 is 1.28. The molecule has 0 unspecified atom stereocenters. The second kappa shape index (κ2) is 8.01. The summed E-state index contributed by atoms with van der Waals surface area (Å²) in [6, 6.07) is 12.7. The molecule has 0 saturated carbocycles. The van der Waals surface area contributed by atoms with Crippen LogP contribution >= 0.6 is 11.8 Å². The fourth-order valence-electron chi connectivity index (χ4n) is 2.35. The number of anilines is 2. The molecule has 1 heterocycles. The molecular weight excluding hydrogens is 359 g/mol. The summed E-state index contributed by atoms with van der Waals surface area (Å²) in [5.41, 5.74) is 0.978. The SMILES string of the molecule is O=C(COC(=O)C[C@H]1Sc2ccccc2NC1=O)Nc1cccc(F)c1. The molecule has 2 aromatic rings. The lowest BCUT2D eigenvalue weighted by Crippen LogP contribution is -2.32. The summed E-state index contributed by atoms with van der Waals surface area (Å²) in [5, 5.41) is 4.54. The smallest absolute Gasteiger partial charge is 0.307 e. The quantitative estimate of drug-likeness (QED) is 0.786. The van der Waals surface area contributed by atoms with Gasteiger partial charge >= 0.3 is 5.97 Å². The molecule has 0 aliphatic carbocycles. The normalized spacial score (nSPS) is 15.6. The monoisotopic (exact) mass is 374 g/mol. The van der Waals surface area contributed by atoms with Gasteiger partial charge in [-0.15, -0.1) is 11.8 Å². The number of halogens is 1. The van der Waals surface area contributed by atoms with Gasteiger partial charge in [0.2, 0.25) is 5.91 Å². The fourth-order valence-corrected chi connectivity index (χ4v) is 3.44. The first-order valence-corrected chi connectivity index (χ1v) is 8.67. The largest absolute Gasteiger partial charge is 0.456 e. The fraction of sp³-hybridized carbons (Fsp3) is 0.167. The topological polar surface area (TPSA) is 84.5 Å². The van der Waals surface area contributed by atoms with E-state index in [9.17, 15) is 18.8 Å². The van der Waals surface area contributed by atoms with Gasteiger partial charge in [-0.05, 0) is 30.3 Å². The van der Waals surface area contributed by atoms with Crippen molar-refractivity contribution in [3.63, 3.8) is 0 Å². The van der Waals surface area contributed by atoms with Gasteiger partial charge in [0.05, 0.1) is 17.4 Å². The van der Waals surface area contributed by atoms with Crippen LogP contribution < -0.4 is 10.6 Å². The van der Waals surface area contributed by atoms with Crippen LogP contribution in [0.25, 0.3) is 0 Å². The van der Waals surface area contributed by atoms with E-state index in [2.05, 4.69) is 10.6 Å². The third-order valence-electron chi connectivity index (χ3n) is 3.53. The van der Waals surface area contributed by atoms with Gasteiger partial charge < -0.3 is 15.4 Å². The van der Waals surface area contributed by atoms with Crippen LogP contribution in [0.15, 0.2) is 53.4 Å². The molecule has 0 spiro atoms. The standard InChI is InChI=1S/C18H15FN2O4S/c19-11-4-3-5-12(8-11)20-16(22)10-25-17(23)9-15-18(24)21-13-6-1-2-7-14(13)26-15/h1-8,15H,9-10H2,(H,20,22)(H,21,24)/t15-/m1/s1. The maximum Gasteiger partial charge on any atom is 0.307 e. The minimum Gasteiger partial charge on any atom is -0.456 e. The average Bonchev–Trinajstić information content (AvgIpc) is 2.61. The summed E-state index contributed by atoms with van der Waals surface area (Å²) < 4.78 is 18.0. The van der Waals surface area contributed by atoms with Crippen LogP contribution in [-0.2, 0) is 19.1 Å². The Kier molecular flexibility index (Phi) is 5.52. The molecule has 2 amide bonds. The first kappa shape index (κ1) is 17.9. The molecule has 2 aromatic carbocycles. The minimum atomic E-state index is -0.661. The molecule has 0 radical (unpaired) electrons. The van der Waals surface area contributed by atoms with Crippen molar-refractivity contribution in [1.82, 2.24) is 0 Å². The van der Waals surface area contributed by atoms with Gasteiger partial charge in [0.1, 0.15) is 5.82 Å². The Morgan fingerprint density at radius 1 is 1.19 bits per heavy atom. The minimum absolute atomic E-state index is 0.155. The van der Waals surface area contributed by atoms with Crippen LogP contribution in [-0.4, -0.2) is 29.6 Å². The highest BCUT2D eigenvalue weighted by Crippen LogP contribution is 2.36. The molecular formula is C18H15FN2O4S. The maximum atomic E-state index is 13.1. The highest BCUT2D eigenvalue weighted by molar-refractivity contribution is 8.01. The van der Waals surface area contributed by atoms with Crippen LogP contribution in [0.1, 0.15) is 6.42 Å². The molecule has 1 aliphatic rings. The molecule has 0 aromatic heterocycles. The van der Waals surface area contributed by atoms with E-state index in [0.29, 0.717) is 5.69 Å². The lowest BCUT2D eigenvalue weighted by atomic mass is 10.2. The van der Waals surface area contributed by atoms with E-state index in [1.54, 1.807) is 6.07 Å². The predicted octanol–water partition coefficient (Wildman–Crippen LogP) is 2.81. The number of ether oxygens (including phenoxy) is 1. The van der Waals surface area contributed by atoms with Crippen LogP contribution in [0.5, 0.6) is 0 Å². The van der Waals surface area contributed by atoms with E-state index < -0.39 is 29.6 Å². The number of rotatable bonds is 5. The highest BCUT2D eigenvalue weighted by Gasteiger charge is 2.29. The van der Waals surface area contributed by atoms with Crippen LogP contribution in [0.4, 0.5) is 15.8 Å². The van der Waals surface area contributed by atoms with E-state index >= 15 is 0 Å². The number of fused-ring (bicyclic) bond motifs is 1. The molecule has 0 bridgehead atoms. The Morgan fingerprint density at radius 3 is 2.81 bits per heavy atom. The van der Waals surface area contributed by atoms with Crippen molar-refractivity contribution in [2.24, 2.45) is 0 Å². The van der Waals surface area contributed by atoms with Crippen LogP contribution in [0.3, 0.4) is 0 Å². The lowest BCUT2D eigenvalue weighted by molar-refractivity contribution is -0.147. The number of amides is 2. The van der Waals surface area contributed by atoms with Crippen molar-refractivity contribution in [2.45, 2.75) is 16.6 Å². The molecule has 3 rings (SSSR count). The van der Waals surface area contributed by atoms with Gasteiger partial charge in [-0.2, -0.15) is 0 Å². The second-order valence-corrected chi connectivity index (χ2v) is 6.76. The van der Waals surface area contributed by atoms with Gasteiger partial charge in [-0.25, -0.2) is 4.39 Å². The van der Waals surface area contributed by atoms with Crippen LogP contribution in [0.2, 0.25) is 0 Å². The molecule has 1 atom stereocenters. The molecule has 134 valence electrons. The molecule has 2 N–H and O–H groups in total. The van der Waals surface area contributed by atoms with E-state index in [-0.39, 0.29) is 18.0 Å².